The number of rotatable bonds is 7. The average molecular weight is 335 g/mol. The Labute approximate surface area is 142 Å². The molecule has 1 amide bonds. The zero-order chi connectivity index (χ0) is 17.2. The van der Waals surface area contributed by atoms with Gasteiger partial charge in [-0.3, -0.25) is 4.79 Å². The molecule has 1 fully saturated rings. The van der Waals surface area contributed by atoms with Gasteiger partial charge < -0.3 is 19.1 Å². The second-order valence-electron chi connectivity index (χ2n) is 5.65. The van der Waals surface area contributed by atoms with Gasteiger partial charge in [-0.05, 0) is 25.3 Å². The predicted octanol–water partition coefficient (Wildman–Crippen LogP) is 2.76. The third-order valence-corrected chi connectivity index (χ3v) is 3.87. The van der Waals surface area contributed by atoms with E-state index in [0.29, 0.717) is 26.3 Å². The first-order valence-electron chi connectivity index (χ1n) is 8.42. The molecule has 0 bridgehead atoms. The fourth-order valence-electron chi connectivity index (χ4n) is 2.56. The number of hydrogen-bond donors (Lipinski definition) is 0. The van der Waals surface area contributed by atoms with Gasteiger partial charge in [-0.25, -0.2) is 4.79 Å². The predicted molar refractivity (Wildman–Crippen MR) is 88.4 cm³/mol. The lowest BCUT2D eigenvalue weighted by molar-refractivity contribution is -0.144. The monoisotopic (exact) mass is 335 g/mol. The van der Waals surface area contributed by atoms with Crippen LogP contribution in [0.5, 0.6) is 0 Å². The standard InChI is InChI=1S/C18H25NO5/c1-2-22-17(20)10-13-23-16-8-11-19(12-9-16)18(21)24-14-15-6-4-3-5-7-15/h3-7,16H,2,8-14H2,1H3. The lowest BCUT2D eigenvalue weighted by atomic mass is 10.1. The summed E-state index contributed by atoms with van der Waals surface area (Å²) in [5.41, 5.74) is 0.975. The van der Waals surface area contributed by atoms with Gasteiger partial charge in [-0.1, -0.05) is 30.3 Å². The summed E-state index contributed by atoms with van der Waals surface area (Å²) in [6.45, 7) is 4.04. The molecular formula is C18H25NO5. The summed E-state index contributed by atoms with van der Waals surface area (Å²) in [7, 11) is 0. The van der Waals surface area contributed by atoms with E-state index in [1.807, 2.05) is 30.3 Å². The molecule has 6 heteroatoms. The first-order chi connectivity index (χ1) is 11.7. The third-order valence-electron chi connectivity index (χ3n) is 3.87. The highest BCUT2D eigenvalue weighted by Crippen LogP contribution is 2.15. The number of hydrogen-bond acceptors (Lipinski definition) is 5. The van der Waals surface area contributed by atoms with E-state index in [1.54, 1.807) is 11.8 Å². The smallest absolute Gasteiger partial charge is 0.410 e. The van der Waals surface area contributed by atoms with Crippen LogP contribution in [0.15, 0.2) is 30.3 Å². The van der Waals surface area contributed by atoms with Crippen molar-refractivity contribution in [2.75, 3.05) is 26.3 Å². The molecule has 0 aliphatic carbocycles. The molecule has 1 saturated heterocycles. The normalized spacial score (nSPS) is 15.1. The van der Waals surface area contributed by atoms with Crippen molar-refractivity contribution >= 4 is 12.1 Å². The van der Waals surface area contributed by atoms with Crippen LogP contribution in [0.2, 0.25) is 0 Å². The molecule has 132 valence electrons. The summed E-state index contributed by atoms with van der Waals surface area (Å²) in [5, 5.41) is 0. The Balaban J connectivity index is 1.61. The van der Waals surface area contributed by atoms with Gasteiger partial charge >= 0.3 is 12.1 Å². The van der Waals surface area contributed by atoms with E-state index in [0.717, 1.165) is 18.4 Å². The lowest BCUT2D eigenvalue weighted by Gasteiger charge is -2.31. The topological polar surface area (TPSA) is 65.1 Å². The molecule has 1 aliphatic rings. The van der Waals surface area contributed by atoms with Crippen LogP contribution in [-0.2, 0) is 25.6 Å². The summed E-state index contributed by atoms with van der Waals surface area (Å²) in [5.74, 6) is -0.237. The number of ether oxygens (including phenoxy) is 3. The molecule has 0 N–H and O–H groups in total. The van der Waals surface area contributed by atoms with Crippen molar-refractivity contribution < 1.29 is 23.8 Å². The molecule has 6 nitrogen and oxygen atoms in total. The van der Waals surface area contributed by atoms with Crippen LogP contribution in [0, 0.1) is 0 Å². The highest BCUT2D eigenvalue weighted by molar-refractivity contribution is 5.69. The van der Waals surface area contributed by atoms with E-state index in [9.17, 15) is 9.59 Å². The van der Waals surface area contributed by atoms with Crippen LogP contribution in [0.25, 0.3) is 0 Å². The molecule has 0 aromatic heterocycles. The van der Waals surface area contributed by atoms with Gasteiger partial charge in [0.2, 0.25) is 0 Å². The SMILES string of the molecule is CCOC(=O)CCOC1CCN(C(=O)OCc2ccccc2)CC1. The fourth-order valence-corrected chi connectivity index (χ4v) is 2.56. The van der Waals surface area contributed by atoms with Crippen LogP contribution >= 0.6 is 0 Å². The van der Waals surface area contributed by atoms with Crippen LogP contribution < -0.4 is 0 Å². The summed E-state index contributed by atoms with van der Waals surface area (Å²) in [6.07, 6.45) is 1.57. The number of amides is 1. The van der Waals surface area contributed by atoms with Crippen molar-refractivity contribution in [2.45, 2.75) is 38.9 Å². The largest absolute Gasteiger partial charge is 0.466 e. The van der Waals surface area contributed by atoms with E-state index in [2.05, 4.69) is 0 Å². The van der Waals surface area contributed by atoms with Crippen molar-refractivity contribution in [1.82, 2.24) is 4.90 Å². The van der Waals surface area contributed by atoms with Gasteiger partial charge in [0, 0.05) is 13.1 Å². The Bertz CT molecular complexity index is 511. The highest BCUT2D eigenvalue weighted by Gasteiger charge is 2.24. The molecule has 1 heterocycles. The molecule has 0 spiro atoms. The Kier molecular flexibility index (Phi) is 7.55. The van der Waals surface area contributed by atoms with E-state index in [-0.39, 0.29) is 31.2 Å². The Morgan fingerprint density at radius 3 is 2.50 bits per heavy atom. The molecule has 0 unspecified atom stereocenters. The Morgan fingerprint density at radius 2 is 1.83 bits per heavy atom. The summed E-state index contributed by atoms with van der Waals surface area (Å²) in [6, 6.07) is 9.62. The van der Waals surface area contributed by atoms with Crippen LogP contribution in [0.3, 0.4) is 0 Å². The molecule has 0 atom stereocenters. The molecule has 1 aromatic rings. The molecule has 0 radical (unpaired) electrons. The van der Waals surface area contributed by atoms with Crippen molar-refractivity contribution in [1.29, 1.82) is 0 Å². The number of likely N-dealkylation sites (tertiary alicyclic amines) is 1. The molecule has 2 rings (SSSR count). The maximum Gasteiger partial charge on any atom is 0.410 e. The van der Waals surface area contributed by atoms with Crippen molar-refractivity contribution in [2.24, 2.45) is 0 Å². The zero-order valence-corrected chi connectivity index (χ0v) is 14.1. The molecular weight excluding hydrogens is 310 g/mol. The molecule has 1 aliphatic heterocycles. The first-order valence-corrected chi connectivity index (χ1v) is 8.42. The van der Waals surface area contributed by atoms with Gasteiger partial charge in [0.1, 0.15) is 6.61 Å². The number of carbonyl (C=O) groups excluding carboxylic acids is 2. The van der Waals surface area contributed by atoms with Crippen LogP contribution in [0.4, 0.5) is 4.79 Å². The minimum atomic E-state index is -0.288. The Morgan fingerprint density at radius 1 is 1.12 bits per heavy atom. The number of piperidine rings is 1. The maximum atomic E-state index is 12.1. The second kappa shape index (κ2) is 9.93. The van der Waals surface area contributed by atoms with E-state index < -0.39 is 0 Å². The second-order valence-corrected chi connectivity index (χ2v) is 5.65. The van der Waals surface area contributed by atoms with E-state index in [4.69, 9.17) is 14.2 Å². The van der Waals surface area contributed by atoms with Gasteiger partial charge in [-0.15, -0.1) is 0 Å². The van der Waals surface area contributed by atoms with Gasteiger partial charge in [-0.2, -0.15) is 0 Å². The van der Waals surface area contributed by atoms with E-state index in [1.165, 1.54) is 0 Å². The maximum absolute atomic E-state index is 12.1. The molecule has 0 saturated carbocycles. The molecule has 1 aromatic carbocycles. The van der Waals surface area contributed by atoms with Gasteiger partial charge in [0.05, 0.1) is 25.7 Å². The summed E-state index contributed by atoms with van der Waals surface area (Å²) >= 11 is 0. The third kappa shape index (κ3) is 6.20. The fraction of sp³-hybridized carbons (Fsp3) is 0.556. The number of carbonyl (C=O) groups is 2. The van der Waals surface area contributed by atoms with Gasteiger partial charge in [0.25, 0.3) is 0 Å². The van der Waals surface area contributed by atoms with E-state index >= 15 is 0 Å². The Hall–Kier alpha value is -2.08. The van der Waals surface area contributed by atoms with Crippen molar-refractivity contribution in [3.8, 4) is 0 Å². The lowest BCUT2D eigenvalue weighted by Crippen LogP contribution is -2.41. The minimum Gasteiger partial charge on any atom is -0.466 e. The average Bonchev–Trinajstić information content (AvgIpc) is 2.61. The number of benzene rings is 1. The minimum absolute atomic E-state index is 0.0811. The summed E-state index contributed by atoms with van der Waals surface area (Å²) in [4.78, 5) is 25.0. The molecule has 24 heavy (non-hydrogen) atoms. The van der Waals surface area contributed by atoms with Crippen molar-refractivity contribution in [3.63, 3.8) is 0 Å². The first kappa shape index (κ1) is 18.3. The van der Waals surface area contributed by atoms with Crippen LogP contribution in [-0.4, -0.2) is 49.4 Å². The zero-order valence-electron chi connectivity index (χ0n) is 14.1. The number of esters is 1. The number of nitrogens with zero attached hydrogens (tertiary/aromatic N) is 1. The van der Waals surface area contributed by atoms with Crippen molar-refractivity contribution in [3.05, 3.63) is 35.9 Å². The summed E-state index contributed by atoms with van der Waals surface area (Å²) < 4.78 is 15.9. The van der Waals surface area contributed by atoms with Gasteiger partial charge in [0.15, 0.2) is 0 Å². The van der Waals surface area contributed by atoms with Crippen LogP contribution in [0.1, 0.15) is 31.7 Å². The highest BCUT2D eigenvalue weighted by atomic mass is 16.6. The quantitative estimate of drug-likeness (QED) is 0.717.